The molecule has 1 unspecified atom stereocenters. The van der Waals surface area contributed by atoms with Crippen molar-refractivity contribution in [3.8, 4) is 0 Å². The van der Waals surface area contributed by atoms with Crippen LogP contribution >= 0.6 is 0 Å². The summed E-state index contributed by atoms with van der Waals surface area (Å²) >= 11 is 0. The first kappa shape index (κ1) is 23.0. The van der Waals surface area contributed by atoms with Gasteiger partial charge in [-0.15, -0.1) is 0 Å². The van der Waals surface area contributed by atoms with Crippen LogP contribution in [0.15, 0.2) is 0 Å². The Labute approximate surface area is 166 Å². The van der Waals surface area contributed by atoms with E-state index in [2.05, 4.69) is 48.3 Å². The van der Waals surface area contributed by atoms with Gasteiger partial charge in [0.2, 0.25) is 0 Å². The third-order valence-electron chi connectivity index (χ3n) is 7.06. The molecule has 0 saturated carbocycles. The number of rotatable bonds is 10. The predicted molar refractivity (Wildman–Crippen MR) is 112 cm³/mol. The third kappa shape index (κ3) is 6.94. The molecule has 0 aromatic heterocycles. The fourth-order valence-corrected chi connectivity index (χ4v) is 4.67. The summed E-state index contributed by atoms with van der Waals surface area (Å²) in [6.45, 7) is 12.0. The van der Waals surface area contributed by atoms with Crippen LogP contribution in [0.4, 0.5) is 0 Å². The molecule has 2 saturated heterocycles. The molecule has 0 bridgehead atoms. The van der Waals surface area contributed by atoms with Gasteiger partial charge in [-0.2, -0.15) is 0 Å². The molecular weight excluding hydrogens is 340 g/mol. The van der Waals surface area contributed by atoms with Crippen molar-refractivity contribution in [1.82, 2.24) is 20.4 Å². The fourth-order valence-electron chi connectivity index (χ4n) is 4.67. The van der Waals surface area contributed by atoms with Crippen molar-refractivity contribution in [2.75, 3.05) is 46.4 Å². The second-order valence-corrected chi connectivity index (χ2v) is 9.10. The van der Waals surface area contributed by atoms with E-state index in [4.69, 9.17) is 5.11 Å². The molecular formula is C21H44N4O2. The molecule has 0 amide bonds. The Balaban J connectivity index is 1.70. The van der Waals surface area contributed by atoms with Crippen LogP contribution in [0.1, 0.15) is 59.3 Å². The van der Waals surface area contributed by atoms with E-state index < -0.39 is 6.10 Å². The Morgan fingerprint density at radius 3 is 2.19 bits per heavy atom. The standard InChI is InChI=1S/C21H44N4O2/c1-17(2)24-13-9-21(22-4,10-14-24)8-5-18(3)25-11-6-19(7-12-25)23-15-20(27)16-26/h17-20,22-23,26-27H,5-16H2,1-4H3/t18?,20-/m0/s1. The Bertz CT molecular complexity index is 405. The van der Waals surface area contributed by atoms with Crippen molar-refractivity contribution in [3.63, 3.8) is 0 Å². The van der Waals surface area contributed by atoms with Gasteiger partial charge in [-0.3, -0.25) is 0 Å². The molecule has 0 spiro atoms. The van der Waals surface area contributed by atoms with Gasteiger partial charge in [-0.25, -0.2) is 0 Å². The van der Waals surface area contributed by atoms with Gasteiger partial charge in [0, 0.05) is 43.3 Å². The van der Waals surface area contributed by atoms with Crippen LogP contribution in [-0.4, -0.2) is 96.2 Å². The summed E-state index contributed by atoms with van der Waals surface area (Å²) in [5.74, 6) is 0. The number of likely N-dealkylation sites (tertiary alicyclic amines) is 2. The van der Waals surface area contributed by atoms with Gasteiger partial charge in [-0.1, -0.05) is 0 Å². The summed E-state index contributed by atoms with van der Waals surface area (Å²) in [6, 6.07) is 1.76. The van der Waals surface area contributed by atoms with Crippen molar-refractivity contribution >= 4 is 0 Å². The molecule has 2 atom stereocenters. The van der Waals surface area contributed by atoms with E-state index in [0.717, 1.165) is 25.9 Å². The Kier molecular flexibility index (Phi) is 9.45. The largest absolute Gasteiger partial charge is 0.394 e. The van der Waals surface area contributed by atoms with E-state index >= 15 is 0 Å². The number of nitrogens with zero attached hydrogens (tertiary/aromatic N) is 2. The molecule has 160 valence electrons. The smallest absolute Gasteiger partial charge is 0.0895 e. The quantitative estimate of drug-likeness (QED) is 0.451. The van der Waals surface area contributed by atoms with Crippen LogP contribution in [-0.2, 0) is 0 Å². The summed E-state index contributed by atoms with van der Waals surface area (Å²) in [7, 11) is 2.15. The average Bonchev–Trinajstić information content (AvgIpc) is 2.70. The Hall–Kier alpha value is -0.240. The SMILES string of the molecule is CNC1(CCC(C)N2CCC(NC[C@H](O)CO)CC2)CCN(C(C)C)CC1. The zero-order valence-electron chi connectivity index (χ0n) is 18.1. The van der Waals surface area contributed by atoms with Gasteiger partial charge < -0.3 is 30.6 Å². The Morgan fingerprint density at radius 1 is 1.04 bits per heavy atom. The number of nitrogens with one attached hydrogen (secondary N) is 2. The zero-order valence-corrected chi connectivity index (χ0v) is 18.1. The molecule has 6 nitrogen and oxygen atoms in total. The molecule has 2 heterocycles. The molecule has 2 fully saturated rings. The van der Waals surface area contributed by atoms with Gasteiger partial charge in [0.25, 0.3) is 0 Å². The van der Waals surface area contributed by atoms with Crippen LogP contribution in [0.2, 0.25) is 0 Å². The van der Waals surface area contributed by atoms with Gasteiger partial charge in [0.1, 0.15) is 0 Å². The van der Waals surface area contributed by atoms with E-state index in [0.29, 0.717) is 30.2 Å². The van der Waals surface area contributed by atoms with Crippen molar-refractivity contribution in [3.05, 3.63) is 0 Å². The van der Waals surface area contributed by atoms with Crippen molar-refractivity contribution < 1.29 is 10.2 Å². The fraction of sp³-hybridized carbons (Fsp3) is 1.00. The molecule has 27 heavy (non-hydrogen) atoms. The van der Waals surface area contributed by atoms with Crippen LogP contribution in [0.3, 0.4) is 0 Å². The lowest BCUT2D eigenvalue weighted by Crippen LogP contribution is -2.54. The van der Waals surface area contributed by atoms with Gasteiger partial charge in [0.05, 0.1) is 12.7 Å². The topological polar surface area (TPSA) is 71.0 Å². The van der Waals surface area contributed by atoms with Crippen molar-refractivity contribution in [2.24, 2.45) is 0 Å². The molecule has 0 aliphatic carbocycles. The summed E-state index contributed by atoms with van der Waals surface area (Å²) in [5, 5.41) is 25.5. The van der Waals surface area contributed by atoms with Gasteiger partial charge in [0.15, 0.2) is 0 Å². The first-order valence-electron chi connectivity index (χ1n) is 11.1. The van der Waals surface area contributed by atoms with E-state index in [1.54, 1.807) is 0 Å². The number of hydrogen-bond acceptors (Lipinski definition) is 6. The normalized spacial score (nSPS) is 25.0. The molecule has 0 radical (unpaired) electrons. The number of aliphatic hydroxyl groups excluding tert-OH is 2. The lowest BCUT2D eigenvalue weighted by Gasteiger charge is -2.44. The van der Waals surface area contributed by atoms with E-state index in [9.17, 15) is 5.11 Å². The first-order chi connectivity index (χ1) is 12.9. The van der Waals surface area contributed by atoms with Crippen LogP contribution < -0.4 is 10.6 Å². The summed E-state index contributed by atoms with van der Waals surface area (Å²) in [4.78, 5) is 5.23. The Morgan fingerprint density at radius 2 is 1.67 bits per heavy atom. The maximum Gasteiger partial charge on any atom is 0.0895 e. The van der Waals surface area contributed by atoms with Crippen molar-refractivity contribution in [1.29, 1.82) is 0 Å². The highest BCUT2D eigenvalue weighted by Crippen LogP contribution is 2.29. The minimum Gasteiger partial charge on any atom is -0.394 e. The highest BCUT2D eigenvalue weighted by atomic mass is 16.3. The molecule has 4 N–H and O–H groups in total. The lowest BCUT2D eigenvalue weighted by molar-refractivity contribution is 0.0806. The molecule has 0 aromatic carbocycles. The zero-order chi connectivity index (χ0) is 19.9. The highest BCUT2D eigenvalue weighted by Gasteiger charge is 2.34. The lowest BCUT2D eigenvalue weighted by atomic mass is 9.82. The summed E-state index contributed by atoms with van der Waals surface area (Å²) in [6.07, 6.45) is 6.65. The predicted octanol–water partition coefficient (Wildman–Crippen LogP) is 1.02. The van der Waals surface area contributed by atoms with Crippen LogP contribution in [0.25, 0.3) is 0 Å². The first-order valence-corrected chi connectivity index (χ1v) is 11.1. The highest BCUT2D eigenvalue weighted by molar-refractivity contribution is 4.94. The van der Waals surface area contributed by atoms with Gasteiger partial charge in [-0.05, 0) is 79.4 Å². The van der Waals surface area contributed by atoms with Crippen molar-refractivity contribution in [2.45, 2.75) is 89.1 Å². The van der Waals surface area contributed by atoms with E-state index in [-0.39, 0.29) is 6.61 Å². The number of aliphatic hydroxyl groups is 2. The number of piperidine rings is 2. The maximum absolute atomic E-state index is 9.49. The molecule has 2 aliphatic rings. The number of hydrogen-bond donors (Lipinski definition) is 4. The summed E-state index contributed by atoms with van der Waals surface area (Å²) < 4.78 is 0. The van der Waals surface area contributed by atoms with Gasteiger partial charge >= 0.3 is 0 Å². The third-order valence-corrected chi connectivity index (χ3v) is 7.06. The minimum atomic E-state index is -0.637. The second kappa shape index (κ2) is 11.1. The average molecular weight is 385 g/mol. The maximum atomic E-state index is 9.49. The molecule has 6 heteroatoms. The minimum absolute atomic E-state index is 0.162. The molecule has 0 aromatic rings. The van der Waals surface area contributed by atoms with Crippen LogP contribution in [0, 0.1) is 0 Å². The van der Waals surface area contributed by atoms with E-state index in [1.165, 1.54) is 38.8 Å². The van der Waals surface area contributed by atoms with E-state index in [1.807, 2.05) is 0 Å². The summed E-state index contributed by atoms with van der Waals surface area (Å²) in [5.41, 5.74) is 0.319. The second-order valence-electron chi connectivity index (χ2n) is 9.10. The van der Waals surface area contributed by atoms with Crippen LogP contribution in [0.5, 0.6) is 0 Å². The monoisotopic (exact) mass is 384 g/mol. The molecule has 2 rings (SSSR count). The molecule has 2 aliphatic heterocycles.